The fourth-order valence-electron chi connectivity index (χ4n) is 1.45. The van der Waals surface area contributed by atoms with Crippen LogP contribution < -0.4 is 5.56 Å². The minimum absolute atomic E-state index is 0. The number of aliphatic hydroxyl groups excluding tert-OH is 1. The first-order valence-corrected chi connectivity index (χ1v) is 4.69. The van der Waals surface area contributed by atoms with Crippen molar-refractivity contribution in [2.45, 2.75) is 6.61 Å². The van der Waals surface area contributed by atoms with Gasteiger partial charge in [0.15, 0.2) is 0 Å². The Morgan fingerprint density at radius 3 is 2.56 bits per heavy atom. The molecule has 16 heavy (non-hydrogen) atoms. The second-order valence-corrected chi connectivity index (χ2v) is 3.29. The molecule has 0 atom stereocenters. The summed E-state index contributed by atoms with van der Waals surface area (Å²) >= 11 is 0. The highest BCUT2D eigenvalue weighted by Gasteiger charge is 1.98. The van der Waals surface area contributed by atoms with Gasteiger partial charge >= 0.3 is 0 Å². The Morgan fingerprint density at radius 1 is 1.12 bits per heavy atom. The van der Waals surface area contributed by atoms with E-state index in [1.807, 2.05) is 30.3 Å². The van der Waals surface area contributed by atoms with Crippen molar-refractivity contribution in [3.8, 4) is 11.3 Å². The summed E-state index contributed by atoms with van der Waals surface area (Å²) < 4.78 is 0. The molecule has 2 aromatic rings. The van der Waals surface area contributed by atoms with Gasteiger partial charge in [0.2, 0.25) is 5.56 Å². The predicted molar refractivity (Wildman–Crippen MR) is 65.7 cm³/mol. The second-order valence-electron chi connectivity index (χ2n) is 3.29. The molecule has 0 saturated heterocycles. The van der Waals surface area contributed by atoms with Gasteiger partial charge < -0.3 is 10.1 Å². The Bertz CT molecular complexity index is 522. The largest absolute Gasteiger partial charge is 0.392 e. The van der Waals surface area contributed by atoms with Crippen LogP contribution in [0.4, 0.5) is 0 Å². The van der Waals surface area contributed by atoms with E-state index in [1.54, 1.807) is 6.07 Å². The molecule has 0 unspecified atom stereocenters. The van der Waals surface area contributed by atoms with Crippen LogP contribution in [0.15, 0.2) is 47.3 Å². The number of H-pyrrole nitrogens is 1. The zero-order chi connectivity index (χ0) is 10.7. The number of benzene rings is 1. The molecule has 0 aliphatic rings. The number of aromatic nitrogens is 1. The van der Waals surface area contributed by atoms with Crippen molar-refractivity contribution in [2.75, 3.05) is 0 Å². The van der Waals surface area contributed by atoms with E-state index in [1.165, 1.54) is 6.07 Å². The average molecular weight is 238 g/mol. The second kappa shape index (κ2) is 5.49. The van der Waals surface area contributed by atoms with Gasteiger partial charge in [-0.2, -0.15) is 0 Å². The third-order valence-corrected chi connectivity index (χ3v) is 2.19. The fourth-order valence-corrected chi connectivity index (χ4v) is 1.45. The van der Waals surface area contributed by atoms with Crippen LogP contribution in [-0.2, 0) is 6.61 Å². The molecule has 1 aromatic heterocycles. The van der Waals surface area contributed by atoms with E-state index in [4.69, 9.17) is 5.11 Å². The summed E-state index contributed by atoms with van der Waals surface area (Å²) in [5.41, 5.74) is 2.37. The minimum Gasteiger partial charge on any atom is -0.392 e. The Balaban J connectivity index is 0.00000128. The summed E-state index contributed by atoms with van der Waals surface area (Å²) in [5.74, 6) is 0. The number of hydrogen-bond acceptors (Lipinski definition) is 2. The molecule has 0 aliphatic heterocycles. The molecule has 0 bridgehead atoms. The van der Waals surface area contributed by atoms with Crippen LogP contribution in [-0.4, -0.2) is 10.1 Å². The van der Waals surface area contributed by atoms with E-state index in [9.17, 15) is 4.79 Å². The summed E-state index contributed by atoms with van der Waals surface area (Å²) in [7, 11) is 0. The van der Waals surface area contributed by atoms with Crippen molar-refractivity contribution in [3.05, 3.63) is 58.4 Å². The molecule has 0 fully saturated rings. The van der Waals surface area contributed by atoms with Gasteiger partial charge in [-0.15, -0.1) is 12.4 Å². The SMILES string of the molecule is Cl.O=c1cccc(-c2cccc(CO)c2)[nH]1. The van der Waals surface area contributed by atoms with Gasteiger partial charge in [-0.1, -0.05) is 24.3 Å². The molecule has 0 amide bonds. The monoisotopic (exact) mass is 237 g/mol. The van der Waals surface area contributed by atoms with Gasteiger partial charge in [-0.25, -0.2) is 0 Å². The van der Waals surface area contributed by atoms with Gasteiger partial charge in [-0.05, 0) is 23.3 Å². The van der Waals surface area contributed by atoms with E-state index in [2.05, 4.69) is 4.98 Å². The number of aromatic amines is 1. The van der Waals surface area contributed by atoms with Crippen molar-refractivity contribution in [1.29, 1.82) is 0 Å². The van der Waals surface area contributed by atoms with Crippen LogP contribution in [0.2, 0.25) is 0 Å². The molecule has 2 N–H and O–H groups in total. The lowest BCUT2D eigenvalue weighted by molar-refractivity contribution is 0.282. The lowest BCUT2D eigenvalue weighted by Gasteiger charge is -2.02. The first-order valence-electron chi connectivity index (χ1n) is 4.69. The first-order chi connectivity index (χ1) is 7.29. The molecule has 1 heterocycles. The molecule has 4 heteroatoms. The number of pyridine rings is 1. The molecule has 0 saturated carbocycles. The van der Waals surface area contributed by atoms with Crippen molar-refractivity contribution < 1.29 is 5.11 Å². The topological polar surface area (TPSA) is 53.1 Å². The third-order valence-electron chi connectivity index (χ3n) is 2.19. The highest BCUT2D eigenvalue weighted by atomic mass is 35.5. The molecule has 3 nitrogen and oxygen atoms in total. The summed E-state index contributed by atoms with van der Waals surface area (Å²) in [4.78, 5) is 13.9. The van der Waals surface area contributed by atoms with Gasteiger partial charge in [0.1, 0.15) is 0 Å². The molecule has 0 radical (unpaired) electrons. The van der Waals surface area contributed by atoms with Gasteiger partial charge in [0, 0.05) is 11.8 Å². The van der Waals surface area contributed by atoms with Gasteiger partial charge in [0.25, 0.3) is 0 Å². The molecular weight excluding hydrogens is 226 g/mol. The average Bonchev–Trinajstić information content (AvgIpc) is 2.29. The van der Waals surface area contributed by atoms with Crippen LogP contribution >= 0.6 is 12.4 Å². The molecule has 2 rings (SSSR count). The van der Waals surface area contributed by atoms with Crippen molar-refractivity contribution in [2.24, 2.45) is 0 Å². The first kappa shape index (κ1) is 12.5. The van der Waals surface area contributed by atoms with E-state index in [0.717, 1.165) is 16.8 Å². The highest BCUT2D eigenvalue weighted by Crippen LogP contribution is 2.16. The summed E-state index contributed by atoms with van der Waals surface area (Å²) in [6.07, 6.45) is 0. The Kier molecular flexibility index (Phi) is 4.28. The summed E-state index contributed by atoms with van der Waals surface area (Å²) in [5, 5.41) is 8.99. The van der Waals surface area contributed by atoms with Gasteiger partial charge in [-0.3, -0.25) is 4.79 Å². The fraction of sp³-hybridized carbons (Fsp3) is 0.0833. The molecular formula is C12H12ClNO2. The van der Waals surface area contributed by atoms with Crippen LogP contribution in [0.25, 0.3) is 11.3 Å². The summed E-state index contributed by atoms with van der Waals surface area (Å²) in [6.45, 7) is 0.00487. The van der Waals surface area contributed by atoms with E-state index >= 15 is 0 Å². The molecule has 1 aromatic carbocycles. The van der Waals surface area contributed by atoms with Gasteiger partial charge in [0.05, 0.1) is 6.61 Å². The number of hydrogen-bond donors (Lipinski definition) is 2. The Morgan fingerprint density at radius 2 is 1.88 bits per heavy atom. The lowest BCUT2D eigenvalue weighted by Crippen LogP contribution is -2.03. The van der Waals surface area contributed by atoms with Crippen LogP contribution in [0.1, 0.15) is 5.56 Å². The van der Waals surface area contributed by atoms with Crippen molar-refractivity contribution >= 4 is 12.4 Å². The zero-order valence-electron chi connectivity index (χ0n) is 8.51. The quantitative estimate of drug-likeness (QED) is 0.839. The van der Waals surface area contributed by atoms with Crippen LogP contribution in [0, 0.1) is 0 Å². The smallest absolute Gasteiger partial charge is 0.248 e. The maximum absolute atomic E-state index is 11.1. The standard InChI is InChI=1S/C12H11NO2.ClH/c14-8-9-3-1-4-10(7-9)11-5-2-6-12(15)13-11;/h1-7,14H,8H2,(H,13,15);1H. The molecule has 84 valence electrons. The minimum atomic E-state index is -0.123. The van der Waals surface area contributed by atoms with Crippen molar-refractivity contribution in [3.63, 3.8) is 0 Å². The Hall–Kier alpha value is -1.58. The number of halogens is 1. The maximum atomic E-state index is 11.1. The zero-order valence-corrected chi connectivity index (χ0v) is 9.33. The highest BCUT2D eigenvalue weighted by molar-refractivity contribution is 5.85. The molecule has 0 spiro atoms. The van der Waals surface area contributed by atoms with E-state index in [0.29, 0.717) is 0 Å². The number of nitrogens with one attached hydrogen (secondary N) is 1. The number of rotatable bonds is 2. The van der Waals surface area contributed by atoms with E-state index in [-0.39, 0.29) is 24.6 Å². The number of aliphatic hydroxyl groups is 1. The predicted octanol–water partition coefficient (Wildman–Crippen LogP) is 1.96. The maximum Gasteiger partial charge on any atom is 0.248 e. The normalized spacial score (nSPS) is 9.56. The Labute approximate surface area is 99.2 Å². The summed E-state index contributed by atoms with van der Waals surface area (Å²) in [6, 6.07) is 12.4. The van der Waals surface area contributed by atoms with Crippen molar-refractivity contribution in [1.82, 2.24) is 4.98 Å². The van der Waals surface area contributed by atoms with Crippen LogP contribution in [0.5, 0.6) is 0 Å². The third kappa shape index (κ3) is 2.72. The lowest BCUT2D eigenvalue weighted by atomic mass is 10.1. The molecule has 0 aliphatic carbocycles. The van der Waals surface area contributed by atoms with Crippen LogP contribution in [0.3, 0.4) is 0 Å². The van der Waals surface area contributed by atoms with E-state index < -0.39 is 0 Å².